The molecule has 0 aromatic rings. The molecule has 6 nitrogen and oxygen atoms in total. The second kappa shape index (κ2) is 10.0. The van der Waals surface area contributed by atoms with E-state index in [2.05, 4.69) is 0 Å². The van der Waals surface area contributed by atoms with Crippen molar-refractivity contribution in [1.29, 1.82) is 0 Å². The molecule has 106 valence electrons. The predicted octanol–water partition coefficient (Wildman–Crippen LogP) is -0.0342. The first kappa shape index (κ1) is 17.1. The van der Waals surface area contributed by atoms with E-state index in [1.165, 1.54) is 0 Å². The first-order chi connectivity index (χ1) is 8.64. The van der Waals surface area contributed by atoms with Crippen LogP contribution in [0.2, 0.25) is 0 Å². The molecule has 0 radical (unpaired) electrons. The fourth-order valence-corrected chi connectivity index (χ4v) is 1.24. The third kappa shape index (κ3) is 5.59. The lowest BCUT2D eigenvalue weighted by Crippen LogP contribution is -2.25. The maximum absolute atomic E-state index is 11.7. The quantitative estimate of drug-likeness (QED) is 0.307. The molecular formula is C12H22O6. The molecule has 18 heavy (non-hydrogen) atoms. The van der Waals surface area contributed by atoms with Crippen molar-refractivity contribution in [2.45, 2.75) is 33.0 Å². The van der Waals surface area contributed by atoms with Gasteiger partial charge in [0.25, 0.3) is 0 Å². The average molecular weight is 262 g/mol. The summed E-state index contributed by atoms with van der Waals surface area (Å²) < 4.78 is 10.3. The van der Waals surface area contributed by atoms with E-state index in [9.17, 15) is 4.79 Å². The average Bonchev–Trinajstić information content (AvgIpc) is 2.40. The lowest BCUT2D eigenvalue weighted by Gasteiger charge is -2.18. The molecule has 0 bridgehead atoms. The van der Waals surface area contributed by atoms with E-state index in [1.54, 1.807) is 6.92 Å². The van der Waals surface area contributed by atoms with Crippen LogP contribution < -0.4 is 0 Å². The molecule has 0 amide bonds. The van der Waals surface area contributed by atoms with Gasteiger partial charge in [0.15, 0.2) is 0 Å². The Hall–Kier alpha value is -0.950. The molecule has 1 unspecified atom stereocenters. The zero-order valence-electron chi connectivity index (χ0n) is 10.9. The van der Waals surface area contributed by atoms with Gasteiger partial charge in [-0.2, -0.15) is 0 Å². The summed E-state index contributed by atoms with van der Waals surface area (Å²) >= 11 is 0. The topological polar surface area (TPSA) is 96.2 Å². The summed E-state index contributed by atoms with van der Waals surface area (Å²) in [7, 11) is 0. The summed E-state index contributed by atoms with van der Waals surface area (Å²) in [4.78, 5) is 11.7. The van der Waals surface area contributed by atoms with E-state index in [0.717, 1.165) is 6.42 Å². The molecule has 0 aromatic carbocycles. The van der Waals surface area contributed by atoms with Crippen molar-refractivity contribution in [1.82, 2.24) is 0 Å². The van der Waals surface area contributed by atoms with Crippen LogP contribution in [-0.2, 0) is 14.3 Å². The summed E-state index contributed by atoms with van der Waals surface area (Å²) in [5.74, 6) is -0.779. The van der Waals surface area contributed by atoms with Gasteiger partial charge in [-0.1, -0.05) is 13.8 Å². The smallest absolute Gasteiger partial charge is 0.338 e. The molecule has 3 N–H and O–H groups in total. The third-order valence-electron chi connectivity index (χ3n) is 2.29. The van der Waals surface area contributed by atoms with Crippen molar-refractivity contribution in [2.75, 3.05) is 26.4 Å². The van der Waals surface area contributed by atoms with Gasteiger partial charge in [-0.3, -0.25) is 0 Å². The number of aliphatic hydroxyl groups excluding tert-OH is 3. The second-order valence-corrected chi connectivity index (χ2v) is 3.67. The number of carbonyl (C=O) groups excluding carboxylic acids is 1. The van der Waals surface area contributed by atoms with Gasteiger partial charge >= 0.3 is 5.97 Å². The fourth-order valence-electron chi connectivity index (χ4n) is 1.24. The van der Waals surface area contributed by atoms with E-state index >= 15 is 0 Å². The van der Waals surface area contributed by atoms with Crippen LogP contribution in [0, 0.1) is 0 Å². The highest BCUT2D eigenvalue weighted by Gasteiger charge is 2.19. The van der Waals surface area contributed by atoms with Crippen LogP contribution in [0.5, 0.6) is 0 Å². The Morgan fingerprint density at radius 1 is 1.11 bits per heavy atom. The predicted molar refractivity (Wildman–Crippen MR) is 64.7 cm³/mol. The maximum atomic E-state index is 11.7. The Balaban J connectivity index is 4.64. The Morgan fingerprint density at radius 3 is 2.11 bits per heavy atom. The Morgan fingerprint density at radius 2 is 1.72 bits per heavy atom. The van der Waals surface area contributed by atoms with Gasteiger partial charge < -0.3 is 24.8 Å². The Bertz CT molecular complexity index is 268. The van der Waals surface area contributed by atoms with Gasteiger partial charge in [0.05, 0.1) is 32.0 Å². The van der Waals surface area contributed by atoms with Crippen molar-refractivity contribution in [3.05, 3.63) is 11.1 Å². The van der Waals surface area contributed by atoms with Gasteiger partial charge in [0, 0.05) is 6.42 Å². The molecule has 0 aliphatic carbocycles. The van der Waals surface area contributed by atoms with Crippen molar-refractivity contribution in [3.63, 3.8) is 0 Å². The number of hydrogen-bond acceptors (Lipinski definition) is 6. The number of rotatable bonds is 9. The third-order valence-corrected chi connectivity index (χ3v) is 2.29. The number of ether oxygens (including phenoxy) is 2. The van der Waals surface area contributed by atoms with Crippen LogP contribution in [0.25, 0.3) is 0 Å². The van der Waals surface area contributed by atoms with Gasteiger partial charge in [0.2, 0.25) is 6.29 Å². The molecule has 6 heteroatoms. The maximum Gasteiger partial charge on any atom is 0.338 e. The summed E-state index contributed by atoms with van der Waals surface area (Å²) in [6.07, 6.45) is 0.602. The molecule has 0 aliphatic heterocycles. The second-order valence-electron chi connectivity index (χ2n) is 3.67. The minimum atomic E-state index is -0.779. The molecule has 0 heterocycles. The van der Waals surface area contributed by atoms with Crippen molar-refractivity contribution in [2.24, 2.45) is 0 Å². The molecule has 0 fully saturated rings. The van der Waals surface area contributed by atoms with Gasteiger partial charge in [-0.05, 0) is 12.0 Å². The van der Waals surface area contributed by atoms with E-state index in [0.29, 0.717) is 13.0 Å². The van der Waals surface area contributed by atoms with Crippen LogP contribution >= 0.6 is 0 Å². The lowest BCUT2D eigenvalue weighted by atomic mass is 10.1. The molecule has 0 saturated heterocycles. The van der Waals surface area contributed by atoms with Crippen molar-refractivity contribution >= 4 is 5.97 Å². The molecular weight excluding hydrogens is 240 g/mol. The molecule has 1 atom stereocenters. The van der Waals surface area contributed by atoms with Gasteiger partial charge in [-0.15, -0.1) is 0 Å². The van der Waals surface area contributed by atoms with Crippen LogP contribution in [-0.4, -0.2) is 54.0 Å². The molecule has 0 aliphatic rings. The number of esters is 1. The number of hydrogen-bond donors (Lipinski definition) is 3. The number of carbonyl (C=O) groups is 1. The van der Waals surface area contributed by atoms with Gasteiger partial charge in [-0.25, -0.2) is 4.79 Å². The normalized spacial score (nSPS) is 12.1. The Kier molecular flexibility index (Phi) is 9.49. The van der Waals surface area contributed by atoms with Gasteiger partial charge in [0.1, 0.15) is 0 Å². The lowest BCUT2D eigenvalue weighted by molar-refractivity contribution is -0.175. The minimum absolute atomic E-state index is 0.0489. The highest BCUT2D eigenvalue weighted by molar-refractivity contribution is 5.89. The van der Waals surface area contributed by atoms with E-state index in [1.807, 2.05) is 6.92 Å². The molecule has 0 aromatic heterocycles. The van der Waals surface area contributed by atoms with Crippen LogP contribution in [0.1, 0.15) is 26.7 Å². The molecule has 0 spiro atoms. The zero-order valence-corrected chi connectivity index (χ0v) is 10.9. The standard InChI is InChI=1S/C12H22O6/c1-3-5-17-11(4-2)18-12(16)10(8-15)9(6-13)7-14/h11,13-15H,3-8H2,1-2H3. The highest BCUT2D eigenvalue weighted by atomic mass is 16.7. The fraction of sp³-hybridized carbons (Fsp3) is 0.750. The number of aliphatic hydroxyl groups is 3. The Labute approximate surface area is 107 Å². The van der Waals surface area contributed by atoms with Crippen molar-refractivity contribution in [3.8, 4) is 0 Å². The van der Waals surface area contributed by atoms with Crippen molar-refractivity contribution < 1.29 is 29.6 Å². The molecule has 0 saturated carbocycles. The van der Waals surface area contributed by atoms with Crippen LogP contribution in [0.3, 0.4) is 0 Å². The van der Waals surface area contributed by atoms with Crippen LogP contribution in [0.4, 0.5) is 0 Å². The first-order valence-electron chi connectivity index (χ1n) is 6.00. The summed E-state index contributed by atoms with van der Waals surface area (Å²) in [6.45, 7) is 2.59. The summed E-state index contributed by atoms with van der Waals surface area (Å²) in [6, 6.07) is 0. The summed E-state index contributed by atoms with van der Waals surface area (Å²) in [5.41, 5.74) is -0.0774. The minimum Gasteiger partial charge on any atom is -0.432 e. The summed E-state index contributed by atoms with van der Waals surface area (Å²) in [5, 5.41) is 27.0. The van der Waals surface area contributed by atoms with E-state index < -0.39 is 32.1 Å². The zero-order chi connectivity index (χ0) is 14.0. The van der Waals surface area contributed by atoms with Crippen LogP contribution in [0.15, 0.2) is 11.1 Å². The van der Waals surface area contributed by atoms with E-state index in [-0.39, 0.29) is 11.1 Å². The largest absolute Gasteiger partial charge is 0.432 e. The SMILES string of the molecule is CCCOC(CC)OC(=O)C(CO)=C(CO)CO. The monoisotopic (exact) mass is 262 g/mol. The first-order valence-corrected chi connectivity index (χ1v) is 6.00. The molecule has 0 rings (SSSR count). The highest BCUT2D eigenvalue weighted by Crippen LogP contribution is 2.10. The van der Waals surface area contributed by atoms with E-state index in [4.69, 9.17) is 24.8 Å².